The Morgan fingerprint density at radius 2 is 1.70 bits per heavy atom. The number of hydrogen-bond acceptors (Lipinski definition) is 4. The second-order valence-corrected chi connectivity index (χ2v) is 7.70. The molecule has 2 spiro atoms. The molecule has 0 N–H and O–H groups in total. The van der Waals surface area contributed by atoms with Gasteiger partial charge in [0.25, 0.3) is 0 Å². The smallest absolute Gasteiger partial charge is 0.168 e. The van der Waals surface area contributed by atoms with Crippen LogP contribution in [0.1, 0.15) is 50.0 Å². The Balaban J connectivity index is 1.29. The molecule has 4 aliphatic rings. The Bertz CT molecular complexity index is 559. The molecule has 124 valence electrons. The van der Waals surface area contributed by atoms with Gasteiger partial charge in [-0.05, 0) is 18.4 Å². The normalized spacial score (nSPS) is 37.5. The lowest BCUT2D eigenvalue weighted by molar-refractivity contribution is -0.329. The van der Waals surface area contributed by atoms with Gasteiger partial charge in [-0.2, -0.15) is 5.06 Å². The van der Waals surface area contributed by atoms with Crippen molar-refractivity contribution in [2.45, 2.75) is 61.9 Å². The molecular weight excluding hydrogens is 290 g/mol. The molecule has 0 radical (unpaired) electrons. The fourth-order valence-corrected chi connectivity index (χ4v) is 4.81. The van der Waals surface area contributed by atoms with E-state index >= 15 is 0 Å². The first-order valence-electron chi connectivity index (χ1n) is 9.06. The molecule has 1 aromatic carbocycles. The van der Waals surface area contributed by atoms with Crippen molar-refractivity contribution in [1.82, 2.24) is 5.06 Å². The number of fused-ring (bicyclic) bond motifs is 3. The number of ether oxygens (including phenoxy) is 2. The van der Waals surface area contributed by atoms with E-state index < -0.39 is 0 Å². The molecule has 23 heavy (non-hydrogen) atoms. The molecule has 0 amide bonds. The summed E-state index contributed by atoms with van der Waals surface area (Å²) in [7, 11) is 0. The first-order chi connectivity index (χ1) is 11.3. The van der Waals surface area contributed by atoms with E-state index in [1.807, 2.05) is 0 Å². The quantitative estimate of drug-likeness (QED) is 0.796. The van der Waals surface area contributed by atoms with Crippen LogP contribution in [0.25, 0.3) is 0 Å². The van der Waals surface area contributed by atoms with Crippen molar-refractivity contribution in [3.8, 4) is 0 Å². The summed E-state index contributed by atoms with van der Waals surface area (Å²) in [4.78, 5) is 6.18. The van der Waals surface area contributed by atoms with Crippen LogP contribution in [0.5, 0.6) is 0 Å². The summed E-state index contributed by atoms with van der Waals surface area (Å²) in [6.45, 7) is 2.46. The second kappa shape index (κ2) is 5.28. The fourth-order valence-electron chi connectivity index (χ4n) is 4.81. The van der Waals surface area contributed by atoms with Gasteiger partial charge in [0.15, 0.2) is 5.79 Å². The largest absolute Gasteiger partial charge is 0.348 e. The molecule has 1 aromatic rings. The van der Waals surface area contributed by atoms with Gasteiger partial charge in [-0.25, -0.2) is 0 Å². The SMILES string of the molecule is c1ccc([C@H]2CN3O[C@@H]2CC32COC3(CCCCC3)OC2)cc1. The molecule has 1 unspecified atom stereocenters. The summed E-state index contributed by atoms with van der Waals surface area (Å²) < 4.78 is 12.6. The predicted octanol–water partition coefficient (Wildman–Crippen LogP) is 3.24. The molecule has 5 rings (SSSR count). The number of hydrogen-bond donors (Lipinski definition) is 0. The molecule has 4 fully saturated rings. The van der Waals surface area contributed by atoms with Gasteiger partial charge in [0.1, 0.15) is 0 Å². The van der Waals surface area contributed by atoms with Crippen LogP contribution >= 0.6 is 0 Å². The van der Waals surface area contributed by atoms with E-state index in [1.54, 1.807) is 0 Å². The van der Waals surface area contributed by atoms with E-state index in [0.717, 1.165) is 39.0 Å². The zero-order valence-electron chi connectivity index (χ0n) is 13.6. The van der Waals surface area contributed by atoms with Gasteiger partial charge >= 0.3 is 0 Å². The van der Waals surface area contributed by atoms with Crippen molar-refractivity contribution < 1.29 is 14.3 Å². The lowest BCUT2D eigenvalue weighted by Crippen LogP contribution is -2.61. The number of nitrogens with zero attached hydrogens (tertiary/aromatic N) is 1. The topological polar surface area (TPSA) is 30.9 Å². The third-order valence-corrected chi connectivity index (χ3v) is 6.24. The number of rotatable bonds is 1. The first kappa shape index (κ1) is 14.4. The van der Waals surface area contributed by atoms with E-state index in [0.29, 0.717) is 5.92 Å². The summed E-state index contributed by atoms with van der Waals surface area (Å²) in [5, 5.41) is 2.17. The molecule has 1 aliphatic carbocycles. The highest BCUT2D eigenvalue weighted by Crippen LogP contribution is 2.49. The minimum Gasteiger partial charge on any atom is -0.348 e. The van der Waals surface area contributed by atoms with Gasteiger partial charge in [-0.15, -0.1) is 0 Å². The van der Waals surface area contributed by atoms with E-state index in [2.05, 4.69) is 35.4 Å². The van der Waals surface area contributed by atoms with Crippen LogP contribution in [0.3, 0.4) is 0 Å². The van der Waals surface area contributed by atoms with E-state index in [4.69, 9.17) is 14.3 Å². The van der Waals surface area contributed by atoms with Crippen LogP contribution in [-0.2, 0) is 14.3 Å². The van der Waals surface area contributed by atoms with Crippen molar-refractivity contribution in [1.29, 1.82) is 0 Å². The third-order valence-electron chi connectivity index (χ3n) is 6.24. The molecular formula is C19H25NO3. The first-order valence-corrected chi connectivity index (χ1v) is 9.06. The van der Waals surface area contributed by atoms with Gasteiger partial charge in [0.2, 0.25) is 0 Å². The summed E-state index contributed by atoms with van der Waals surface area (Å²) in [5.41, 5.74) is 1.33. The van der Waals surface area contributed by atoms with Gasteiger partial charge in [0, 0.05) is 31.7 Å². The van der Waals surface area contributed by atoms with Crippen molar-refractivity contribution in [2.75, 3.05) is 19.8 Å². The highest BCUT2D eigenvalue weighted by molar-refractivity contribution is 5.24. The van der Waals surface area contributed by atoms with Crippen molar-refractivity contribution in [2.24, 2.45) is 0 Å². The molecule has 4 nitrogen and oxygen atoms in total. The van der Waals surface area contributed by atoms with Crippen LogP contribution in [0, 0.1) is 0 Å². The minimum atomic E-state index is -0.286. The Morgan fingerprint density at radius 1 is 0.957 bits per heavy atom. The Hall–Kier alpha value is -0.940. The number of hydroxylamine groups is 2. The molecule has 0 aromatic heterocycles. The number of piperidine rings is 1. The highest BCUT2D eigenvalue weighted by atomic mass is 16.7. The van der Waals surface area contributed by atoms with Crippen molar-refractivity contribution in [3.05, 3.63) is 35.9 Å². The summed E-state index contributed by atoms with van der Waals surface area (Å²) in [6.07, 6.45) is 7.17. The summed E-state index contributed by atoms with van der Waals surface area (Å²) in [6, 6.07) is 10.7. The van der Waals surface area contributed by atoms with E-state index in [-0.39, 0.29) is 17.4 Å². The maximum atomic E-state index is 6.29. The van der Waals surface area contributed by atoms with Crippen LogP contribution < -0.4 is 0 Å². The highest BCUT2D eigenvalue weighted by Gasteiger charge is 2.59. The molecule has 3 atom stereocenters. The van der Waals surface area contributed by atoms with E-state index in [1.165, 1.54) is 24.8 Å². The van der Waals surface area contributed by atoms with Crippen LogP contribution in [-0.4, -0.2) is 42.3 Å². The molecule has 4 heteroatoms. The maximum Gasteiger partial charge on any atom is 0.168 e. The lowest BCUT2D eigenvalue weighted by atomic mass is 9.80. The van der Waals surface area contributed by atoms with Gasteiger partial charge in [-0.1, -0.05) is 36.8 Å². The molecule has 3 heterocycles. The summed E-state index contributed by atoms with van der Waals surface area (Å²) in [5.74, 6) is 0.193. The average molecular weight is 315 g/mol. The third kappa shape index (κ3) is 2.27. The number of benzene rings is 1. The van der Waals surface area contributed by atoms with Crippen molar-refractivity contribution >= 4 is 0 Å². The summed E-state index contributed by atoms with van der Waals surface area (Å²) >= 11 is 0. The van der Waals surface area contributed by atoms with Crippen LogP contribution in [0.4, 0.5) is 0 Å². The molecule has 2 bridgehead atoms. The van der Waals surface area contributed by atoms with Gasteiger partial charge in [0.05, 0.1) is 24.9 Å². The average Bonchev–Trinajstić information content (AvgIpc) is 3.18. The van der Waals surface area contributed by atoms with Crippen LogP contribution in [0.15, 0.2) is 30.3 Å². The Kier molecular flexibility index (Phi) is 3.31. The van der Waals surface area contributed by atoms with Gasteiger partial charge < -0.3 is 9.47 Å². The monoisotopic (exact) mass is 315 g/mol. The fraction of sp³-hybridized carbons (Fsp3) is 0.684. The standard InChI is InChI=1S/C19H25NO3/c1-3-7-15(8-4-1)16-12-20-18(11-17(16)23-20)13-21-19(22-14-18)9-5-2-6-10-19/h1,3-4,7-8,16-17H,2,5-6,9-14H2/t16-,17-/m1/s1. The van der Waals surface area contributed by atoms with E-state index in [9.17, 15) is 0 Å². The van der Waals surface area contributed by atoms with Gasteiger partial charge in [-0.3, -0.25) is 4.84 Å². The Labute approximate surface area is 137 Å². The molecule has 1 saturated carbocycles. The second-order valence-electron chi connectivity index (χ2n) is 7.70. The lowest BCUT2D eigenvalue weighted by Gasteiger charge is -2.49. The maximum absolute atomic E-state index is 6.29. The predicted molar refractivity (Wildman–Crippen MR) is 85.8 cm³/mol. The van der Waals surface area contributed by atoms with Crippen LogP contribution in [0.2, 0.25) is 0 Å². The Morgan fingerprint density at radius 3 is 2.35 bits per heavy atom. The molecule has 3 aliphatic heterocycles. The van der Waals surface area contributed by atoms with Crippen molar-refractivity contribution in [3.63, 3.8) is 0 Å². The zero-order valence-corrected chi connectivity index (χ0v) is 13.6. The minimum absolute atomic E-state index is 0.0569. The molecule has 3 saturated heterocycles. The zero-order chi connectivity index (χ0) is 15.3.